The summed E-state index contributed by atoms with van der Waals surface area (Å²) in [5.74, 6) is -0.758. The fourth-order valence-electron chi connectivity index (χ4n) is 7.80. The SMILES string of the molecule is C[C@]12CCC3(C=C1CC[C@@H]1[C@@H]2C(=O)C[C@@]2(C)[C@H]1CC[C@]2(O)C(=O)CO)OCCO3. The summed E-state index contributed by atoms with van der Waals surface area (Å²) < 4.78 is 11.8. The molecule has 0 unspecified atom stereocenters. The minimum absolute atomic E-state index is 0.0779. The minimum Gasteiger partial charge on any atom is -0.388 e. The van der Waals surface area contributed by atoms with Gasteiger partial charge in [0, 0.05) is 24.2 Å². The molecule has 0 bridgehead atoms. The molecular weight excluding hydrogens is 372 g/mol. The van der Waals surface area contributed by atoms with E-state index in [-0.39, 0.29) is 35.4 Å². The number of Topliss-reactive ketones (excluding diaryl/α,β-unsaturated/α-hetero) is 2. The third-order valence-corrected chi connectivity index (χ3v) is 9.35. The summed E-state index contributed by atoms with van der Waals surface area (Å²) in [6.45, 7) is 4.68. The molecule has 0 amide bonds. The molecule has 160 valence electrons. The largest absolute Gasteiger partial charge is 0.388 e. The van der Waals surface area contributed by atoms with Crippen LogP contribution < -0.4 is 0 Å². The van der Waals surface area contributed by atoms with E-state index in [2.05, 4.69) is 13.0 Å². The Morgan fingerprint density at radius 2 is 1.90 bits per heavy atom. The maximum absolute atomic E-state index is 13.6. The number of carbonyl (C=O) groups excluding carboxylic acids is 2. The van der Waals surface area contributed by atoms with Crippen molar-refractivity contribution in [2.24, 2.45) is 28.6 Å². The van der Waals surface area contributed by atoms with Crippen molar-refractivity contribution >= 4 is 11.6 Å². The van der Waals surface area contributed by atoms with Gasteiger partial charge in [0.05, 0.1) is 13.2 Å². The highest BCUT2D eigenvalue weighted by Crippen LogP contribution is 2.67. The van der Waals surface area contributed by atoms with Crippen molar-refractivity contribution in [3.05, 3.63) is 11.6 Å². The van der Waals surface area contributed by atoms with E-state index in [1.54, 1.807) is 0 Å². The second-order valence-corrected chi connectivity index (χ2v) is 10.4. The van der Waals surface area contributed by atoms with Crippen LogP contribution in [0.25, 0.3) is 0 Å². The van der Waals surface area contributed by atoms with Gasteiger partial charge in [-0.15, -0.1) is 0 Å². The molecule has 6 atom stereocenters. The Hall–Kier alpha value is -1.08. The first-order chi connectivity index (χ1) is 13.7. The molecule has 5 aliphatic rings. The van der Waals surface area contributed by atoms with E-state index < -0.39 is 29.2 Å². The number of rotatable bonds is 2. The number of aliphatic hydroxyl groups is 2. The zero-order valence-corrected chi connectivity index (χ0v) is 17.4. The lowest BCUT2D eigenvalue weighted by molar-refractivity contribution is -0.174. The Bertz CT molecular complexity index is 782. The molecule has 6 nitrogen and oxygen atoms in total. The molecular formula is C23H32O6. The highest BCUT2D eigenvalue weighted by atomic mass is 16.7. The number of aliphatic hydroxyl groups excluding tert-OH is 1. The third kappa shape index (κ3) is 2.43. The molecule has 3 saturated carbocycles. The van der Waals surface area contributed by atoms with E-state index in [0.29, 0.717) is 19.6 Å². The summed E-state index contributed by atoms with van der Waals surface area (Å²) in [6.07, 6.45) is 6.85. The Labute approximate surface area is 171 Å². The van der Waals surface area contributed by atoms with Gasteiger partial charge in [0.25, 0.3) is 0 Å². The molecule has 2 N–H and O–H groups in total. The van der Waals surface area contributed by atoms with E-state index in [9.17, 15) is 19.8 Å². The van der Waals surface area contributed by atoms with Crippen LogP contribution in [0.1, 0.15) is 58.8 Å². The highest BCUT2D eigenvalue weighted by Gasteiger charge is 2.68. The van der Waals surface area contributed by atoms with Crippen molar-refractivity contribution in [3.63, 3.8) is 0 Å². The highest BCUT2D eigenvalue weighted by molar-refractivity contribution is 5.92. The molecule has 4 fully saturated rings. The lowest BCUT2D eigenvalue weighted by Crippen LogP contribution is -2.61. The smallest absolute Gasteiger partial charge is 0.190 e. The van der Waals surface area contributed by atoms with Crippen molar-refractivity contribution in [1.82, 2.24) is 0 Å². The maximum Gasteiger partial charge on any atom is 0.190 e. The zero-order chi connectivity index (χ0) is 20.7. The van der Waals surface area contributed by atoms with Gasteiger partial charge in [-0.2, -0.15) is 0 Å². The lowest BCUT2D eigenvalue weighted by atomic mass is 9.45. The van der Waals surface area contributed by atoms with E-state index in [1.165, 1.54) is 5.57 Å². The maximum atomic E-state index is 13.6. The summed E-state index contributed by atoms with van der Waals surface area (Å²) in [4.78, 5) is 26.0. The normalized spacial score (nSPS) is 48.1. The molecule has 0 aromatic rings. The van der Waals surface area contributed by atoms with E-state index in [4.69, 9.17) is 9.47 Å². The fourth-order valence-corrected chi connectivity index (χ4v) is 7.80. The quantitative estimate of drug-likeness (QED) is 0.685. The predicted molar refractivity (Wildman–Crippen MR) is 104 cm³/mol. The van der Waals surface area contributed by atoms with Gasteiger partial charge in [-0.1, -0.05) is 19.4 Å². The Balaban J connectivity index is 1.51. The zero-order valence-electron chi connectivity index (χ0n) is 17.4. The van der Waals surface area contributed by atoms with Crippen LogP contribution in [-0.2, 0) is 19.1 Å². The first-order valence-corrected chi connectivity index (χ1v) is 11.1. The van der Waals surface area contributed by atoms with Gasteiger partial charge in [-0.25, -0.2) is 0 Å². The number of ketones is 2. The first kappa shape index (κ1) is 19.9. The van der Waals surface area contributed by atoms with E-state index in [1.807, 2.05) is 6.92 Å². The molecule has 0 aromatic heterocycles. The van der Waals surface area contributed by atoms with Crippen LogP contribution in [0.4, 0.5) is 0 Å². The monoisotopic (exact) mass is 404 g/mol. The van der Waals surface area contributed by atoms with Gasteiger partial charge in [-0.3, -0.25) is 9.59 Å². The molecule has 1 heterocycles. The fraction of sp³-hybridized carbons (Fsp3) is 0.826. The molecule has 6 heteroatoms. The molecule has 1 aliphatic heterocycles. The molecule has 5 rings (SSSR count). The Morgan fingerprint density at radius 1 is 1.17 bits per heavy atom. The van der Waals surface area contributed by atoms with Gasteiger partial charge in [0.2, 0.25) is 0 Å². The summed E-state index contributed by atoms with van der Waals surface area (Å²) >= 11 is 0. The number of carbonyl (C=O) groups is 2. The van der Waals surface area contributed by atoms with Crippen LogP contribution in [0.15, 0.2) is 11.6 Å². The summed E-state index contributed by atoms with van der Waals surface area (Å²) in [7, 11) is 0. The van der Waals surface area contributed by atoms with Gasteiger partial charge in [0.15, 0.2) is 11.6 Å². The predicted octanol–water partition coefficient (Wildman–Crippen LogP) is 2.16. The van der Waals surface area contributed by atoms with Crippen molar-refractivity contribution in [1.29, 1.82) is 0 Å². The molecule has 1 saturated heterocycles. The van der Waals surface area contributed by atoms with E-state index in [0.717, 1.165) is 32.1 Å². The van der Waals surface area contributed by atoms with Gasteiger partial charge < -0.3 is 19.7 Å². The Kier molecular flexibility index (Phi) is 4.26. The third-order valence-electron chi connectivity index (χ3n) is 9.35. The van der Waals surface area contributed by atoms with Crippen molar-refractivity contribution in [2.45, 2.75) is 70.2 Å². The van der Waals surface area contributed by atoms with Gasteiger partial charge in [0.1, 0.15) is 18.0 Å². The van der Waals surface area contributed by atoms with Gasteiger partial charge in [-0.05, 0) is 55.4 Å². The standard InChI is InChI=1S/C23H32O6/c1-20-7-8-22(28-9-10-29-22)11-14(20)3-4-15-16-5-6-23(27,18(26)13-24)21(16,2)12-17(25)19(15)20/h11,15-16,19,24,27H,3-10,12-13H2,1-2H3/t15-,16-,19+,20-,21-,23-/m0/s1. The number of ether oxygens (including phenoxy) is 2. The summed E-state index contributed by atoms with van der Waals surface area (Å²) in [5.41, 5.74) is -1.30. The molecule has 29 heavy (non-hydrogen) atoms. The average molecular weight is 405 g/mol. The van der Waals surface area contributed by atoms with Crippen LogP contribution in [0.3, 0.4) is 0 Å². The van der Waals surface area contributed by atoms with Crippen LogP contribution in [0.5, 0.6) is 0 Å². The van der Waals surface area contributed by atoms with Crippen molar-refractivity contribution in [3.8, 4) is 0 Å². The first-order valence-electron chi connectivity index (χ1n) is 11.1. The minimum atomic E-state index is -1.59. The average Bonchev–Trinajstić information content (AvgIpc) is 3.25. The van der Waals surface area contributed by atoms with Gasteiger partial charge >= 0.3 is 0 Å². The molecule has 1 spiro atoms. The number of hydrogen-bond donors (Lipinski definition) is 2. The van der Waals surface area contributed by atoms with Crippen molar-refractivity contribution < 1.29 is 29.3 Å². The second-order valence-electron chi connectivity index (χ2n) is 10.4. The topological polar surface area (TPSA) is 93.1 Å². The van der Waals surface area contributed by atoms with E-state index >= 15 is 0 Å². The van der Waals surface area contributed by atoms with Crippen LogP contribution in [0, 0.1) is 28.6 Å². The molecule has 0 aromatic carbocycles. The number of hydrogen-bond acceptors (Lipinski definition) is 6. The molecule has 0 radical (unpaired) electrons. The molecule has 4 aliphatic carbocycles. The van der Waals surface area contributed by atoms with Crippen molar-refractivity contribution in [2.75, 3.05) is 19.8 Å². The number of allylic oxidation sites excluding steroid dienone is 1. The Morgan fingerprint density at radius 3 is 2.59 bits per heavy atom. The lowest BCUT2D eigenvalue weighted by Gasteiger charge is -2.58. The number of fused-ring (bicyclic) bond motifs is 5. The second kappa shape index (κ2) is 6.22. The van der Waals surface area contributed by atoms with Crippen LogP contribution in [0.2, 0.25) is 0 Å². The summed E-state index contributed by atoms with van der Waals surface area (Å²) in [6, 6.07) is 0. The summed E-state index contributed by atoms with van der Waals surface area (Å²) in [5, 5.41) is 20.7. The van der Waals surface area contributed by atoms with Crippen LogP contribution in [-0.4, -0.2) is 53.0 Å². The van der Waals surface area contributed by atoms with Crippen LogP contribution >= 0.6 is 0 Å².